The molecule has 6 rings (SSSR count). The van der Waals surface area contributed by atoms with E-state index in [0.29, 0.717) is 3.57 Å². The van der Waals surface area contributed by atoms with Gasteiger partial charge in [-0.2, -0.15) is 0 Å². The van der Waals surface area contributed by atoms with Gasteiger partial charge >= 0.3 is 0 Å². The maximum atomic E-state index is 14.7. The van der Waals surface area contributed by atoms with Crippen molar-refractivity contribution in [2.45, 2.75) is 77.1 Å². The van der Waals surface area contributed by atoms with Crippen LogP contribution in [0.15, 0.2) is 88.0 Å². The van der Waals surface area contributed by atoms with Crippen LogP contribution in [0, 0.1) is 28.6 Å². The van der Waals surface area contributed by atoms with E-state index >= 15 is 0 Å². The second kappa shape index (κ2) is 25.6. The Morgan fingerprint density at radius 1 is 0.919 bits per heavy atom. The van der Waals surface area contributed by atoms with Crippen LogP contribution in [0.3, 0.4) is 0 Å². The highest BCUT2D eigenvalue weighted by Crippen LogP contribution is 2.31. The van der Waals surface area contributed by atoms with Crippen molar-refractivity contribution in [1.29, 1.82) is 0 Å². The normalized spacial score (nSPS) is 15.6. The Bertz CT molecular complexity index is 2970. The van der Waals surface area contributed by atoms with Crippen molar-refractivity contribution in [2.75, 3.05) is 62.8 Å². The monoisotopic (exact) mass is 1170 g/mol. The number of β-amino-alcohol motifs (C(OH)–C–C–N with tert-alkyl or cyclic N) is 1. The van der Waals surface area contributed by atoms with Crippen molar-refractivity contribution in [1.82, 2.24) is 30.4 Å². The number of aliphatic hydroxyl groups excluding tert-OH is 1. The largest absolute Gasteiger partial charge is 0.391 e. The van der Waals surface area contributed by atoms with Crippen LogP contribution in [0.2, 0.25) is 0 Å². The molecule has 2 aromatic heterocycles. The molecular formula is C51H62FIN8O11S2. The Kier molecular flexibility index (Phi) is 19.9. The minimum absolute atomic E-state index is 0.0108. The average Bonchev–Trinajstić information content (AvgIpc) is 3.97. The van der Waals surface area contributed by atoms with E-state index in [4.69, 9.17) is 14.2 Å². The molecule has 3 heterocycles. The Labute approximate surface area is 447 Å². The standard InChI is InChI=1S/C51H62FIN8O11S2/c1-30-24-41(46(60(7)49(30)66)57-40-17-14-36(53)25-39(40)52)59-74(68,69)38-15-12-35(13-16-38)47(64)54-18-19-70-20-21-71-22-23-72-28-43(63)58-45(51(4,5)6)50(67)61-27-37(62)26-42(61)48(65)56-31(2)33-8-10-34(11-9-33)44-32(3)55-29-73-44/h8-17,24-25,29,31,37,42,45,57,59,62H,18-23,26-28H2,1-7H3,(H,54,64)(H,56,65)(H,58,63)/t31-,37+,42-,45+/m0/s1. The Balaban J connectivity index is 0.871. The van der Waals surface area contributed by atoms with Gasteiger partial charge in [0.2, 0.25) is 17.7 Å². The lowest BCUT2D eigenvalue weighted by Crippen LogP contribution is -2.58. The number of aliphatic hydroxyl groups is 1. The van der Waals surface area contributed by atoms with E-state index in [1.165, 1.54) is 65.9 Å². The van der Waals surface area contributed by atoms with Crippen molar-refractivity contribution < 1.29 is 51.3 Å². The second-order valence-electron chi connectivity index (χ2n) is 18.7. The van der Waals surface area contributed by atoms with Crippen molar-refractivity contribution in [3.63, 3.8) is 0 Å². The number of ether oxygens (including phenoxy) is 3. The van der Waals surface area contributed by atoms with E-state index in [-0.39, 0.29) is 98.4 Å². The van der Waals surface area contributed by atoms with Crippen molar-refractivity contribution in [2.24, 2.45) is 12.5 Å². The Morgan fingerprint density at radius 3 is 2.22 bits per heavy atom. The summed E-state index contributed by atoms with van der Waals surface area (Å²) in [7, 11) is -2.79. The number of aromatic nitrogens is 2. The molecule has 0 aliphatic carbocycles. The molecule has 74 heavy (non-hydrogen) atoms. The van der Waals surface area contributed by atoms with Crippen LogP contribution in [0.25, 0.3) is 10.4 Å². The maximum absolute atomic E-state index is 14.7. The minimum Gasteiger partial charge on any atom is -0.391 e. The first-order valence-corrected chi connectivity index (χ1v) is 27.1. The van der Waals surface area contributed by atoms with Crippen molar-refractivity contribution >= 4 is 84.8 Å². The number of rotatable bonds is 23. The number of anilines is 3. The molecule has 1 aliphatic heterocycles. The number of sulfonamides is 1. The van der Waals surface area contributed by atoms with E-state index in [1.54, 1.807) is 43.7 Å². The van der Waals surface area contributed by atoms with Crippen LogP contribution >= 0.6 is 33.9 Å². The highest BCUT2D eigenvalue weighted by atomic mass is 127. The first-order valence-electron chi connectivity index (χ1n) is 23.7. The van der Waals surface area contributed by atoms with Crippen LogP contribution in [0.4, 0.5) is 21.6 Å². The number of nitrogens with one attached hydrogen (secondary N) is 5. The van der Waals surface area contributed by atoms with Gasteiger partial charge in [0.05, 0.1) is 77.5 Å². The van der Waals surface area contributed by atoms with Gasteiger partial charge in [-0.15, -0.1) is 11.3 Å². The van der Waals surface area contributed by atoms with E-state index in [0.717, 1.165) is 21.7 Å². The number of hydrogen-bond donors (Lipinski definition) is 6. The molecular weight excluding hydrogens is 1110 g/mol. The number of carbonyl (C=O) groups excluding carboxylic acids is 4. The summed E-state index contributed by atoms with van der Waals surface area (Å²) in [5.74, 6) is -2.47. The first-order chi connectivity index (χ1) is 35.0. The number of thiazole rings is 1. The van der Waals surface area contributed by atoms with Crippen LogP contribution in [-0.4, -0.2) is 123 Å². The number of carbonyl (C=O) groups is 4. The van der Waals surface area contributed by atoms with Gasteiger partial charge in [-0.3, -0.25) is 33.3 Å². The Morgan fingerprint density at radius 2 is 1.58 bits per heavy atom. The van der Waals surface area contributed by atoms with E-state index in [1.807, 2.05) is 60.7 Å². The molecule has 1 saturated heterocycles. The molecule has 0 radical (unpaired) electrons. The summed E-state index contributed by atoms with van der Waals surface area (Å²) in [6.45, 7) is 11.2. The lowest BCUT2D eigenvalue weighted by atomic mass is 9.85. The fourth-order valence-electron chi connectivity index (χ4n) is 7.99. The third kappa shape index (κ3) is 15.2. The summed E-state index contributed by atoms with van der Waals surface area (Å²) >= 11 is 3.51. The SMILES string of the molecule is Cc1ncsc1-c1ccc([C@H](C)NC(=O)[C@@H]2C[C@@H](O)CN2C(=O)[C@@H](NC(=O)COCCOCCOCCNC(=O)c2ccc(S(=O)(=O)Nc3cc(C)c(=O)n(C)c3Nc3ccc(I)cc3F)cc2)C(C)(C)C)cc1. The molecule has 1 aliphatic rings. The van der Waals surface area contributed by atoms with Gasteiger partial charge in [-0.05, 0) is 108 Å². The zero-order chi connectivity index (χ0) is 53.9. The van der Waals surface area contributed by atoms with Gasteiger partial charge in [-0.1, -0.05) is 45.0 Å². The van der Waals surface area contributed by atoms with Crippen LogP contribution in [0.5, 0.6) is 0 Å². The molecule has 0 saturated carbocycles. The highest BCUT2D eigenvalue weighted by molar-refractivity contribution is 14.1. The predicted octanol–water partition coefficient (Wildman–Crippen LogP) is 5.56. The topological polar surface area (TPSA) is 249 Å². The number of nitrogens with zero attached hydrogens (tertiary/aromatic N) is 3. The lowest BCUT2D eigenvalue weighted by molar-refractivity contribution is -0.144. The molecule has 4 atom stereocenters. The average molecular weight is 1170 g/mol. The number of halogens is 2. The number of aryl methyl sites for hydroxylation is 2. The second-order valence-corrected chi connectivity index (χ2v) is 22.5. The molecule has 6 N–H and O–H groups in total. The summed E-state index contributed by atoms with van der Waals surface area (Å²) in [6, 6.07) is 16.5. The number of pyridine rings is 1. The predicted molar refractivity (Wildman–Crippen MR) is 287 cm³/mol. The minimum atomic E-state index is -4.23. The summed E-state index contributed by atoms with van der Waals surface area (Å²) in [6.07, 6.45) is -0.858. The number of likely N-dealkylation sites (tertiary alicyclic amines) is 1. The summed E-state index contributed by atoms with van der Waals surface area (Å²) in [4.78, 5) is 72.8. The molecule has 0 bridgehead atoms. The number of hydrogen-bond acceptors (Lipinski definition) is 14. The van der Waals surface area contributed by atoms with Crippen LogP contribution in [0.1, 0.15) is 67.3 Å². The third-order valence-corrected chi connectivity index (χ3v) is 15.0. The highest BCUT2D eigenvalue weighted by Gasteiger charge is 2.44. The van der Waals surface area contributed by atoms with Gasteiger partial charge in [0.15, 0.2) is 0 Å². The van der Waals surface area contributed by atoms with Gasteiger partial charge < -0.3 is 45.5 Å². The molecule has 398 valence electrons. The smallest absolute Gasteiger partial charge is 0.262 e. The van der Waals surface area contributed by atoms with Crippen LogP contribution in [-0.2, 0) is 45.7 Å². The van der Waals surface area contributed by atoms with E-state index in [9.17, 15) is 41.9 Å². The van der Waals surface area contributed by atoms with Crippen molar-refractivity contribution in [3.8, 4) is 10.4 Å². The summed E-state index contributed by atoms with van der Waals surface area (Å²) in [5, 5.41) is 21.9. The van der Waals surface area contributed by atoms with E-state index < -0.39 is 68.6 Å². The van der Waals surface area contributed by atoms with Gasteiger partial charge in [0, 0.05) is 41.3 Å². The number of amides is 4. The molecule has 1 fully saturated rings. The number of benzene rings is 3. The fraction of sp³-hybridized carbons (Fsp3) is 0.412. The van der Waals surface area contributed by atoms with Gasteiger partial charge in [0.1, 0.15) is 30.3 Å². The molecule has 23 heteroatoms. The molecule has 4 amide bonds. The van der Waals surface area contributed by atoms with Gasteiger partial charge in [-0.25, -0.2) is 17.8 Å². The lowest BCUT2D eigenvalue weighted by Gasteiger charge is -2.35. The third-order valence-electron chi connectivity index (χ3n) is 12.0. The fourth-order valence-corrected chi connectivity index (χ4v) is 10.3. The van der Waals surface area contributed by atoms with Crippen LogP contribution < -0.4 is 31.5 Å². The molecule has 5 aromatic rings. The zero-order valence-electron chi connectivity index (χ0n) is 42.1. The molecule has 0 spiro atoms. The summed E-state index contributed by atoms with van der Waals surface area (Å²) in [5.41, 5.74) is 3.98. The van der Waals surface area contributed by atoms with E-state index in [2.05, 4.69) is 31.0 Å². The maximum Gasteiger partial charge on any atom is 0.262 e. The molecule has 3 aromatic carbocycles. The summed E-state index contributed by atoms with van der Waals surface area (Å²) < 4.78 is 62.5. The molecule has 19 nitrogen and oxygen atoms in total. The van der Waals surface area contributed by atoms with Gasteiger partial charge in [0.25, 0.3) is 21.5 Å². The molecule has 0 unspecified atom stereocenters. The quantitative estimate of drug-likeness (QED) is 0.0347. The zero-order valence-corrected chi connectivity index (χ0v) is 45.9. The Hall–Kier alpha value is -5.83. The first kappa shape index (κ1) is 57.4. The van der Waals surface area contributed by atoms with Crippen molar-refractivity contribution in [3.05, 3.63) is 120 Å².